The van der Waals surface area contributed by atoms with E-state index < -0.39 is 41.7 Å². The molecule has 0 amide bonds. The lowest BCUT2D eigenvalue weighted by atomic mass is 9.88. The number of hydrogen-bond donors (Lipinski definition) is 1. The van der Waals surface area contributed by atoms with Gasteiger partial charge in [-0.2, -0.15) is 13.2 Å². The molecule has 1 fully saturated rings. The predicted molar refractivity (Wildman–Crippen MR) is 248 cm³/mol. The van der Waals surface area contributed by atoms with Crippen molar-refractivity contribution in [3.8, 4) is 0 Å². The third kappa shape index (κ3) is 18.2. The number of benzene rings is 4. The van der Waals surface area contributed by atoms with Gasteiger partial charge >= 0.3 is 36.0 Å². The number of hydrogen-bond acceptors (Lipinski definition) is 12. The first kappa shape index (κ1) is 54.5. The van der Waals surface area contributed by atoms with E-state index in [0.717, 1.165) is 35.1 Å². The second-order valence-corrected chi connectivity index (χ2v) is 16.7. The third-order valence-electron chi connectivity index (χ3n) is 11.4. The van der Waals surface area contributed by atoms with Crippen LogP contribution in [0, 0.1) is 0 Å². The van der Waals surface area contributed by atoms with Crippen LogP contribution in [0.15, 0.2) is 121 Å². The van der Waals surface area contributed by atoms with Crippen molar-refractivity contribution in [2.75, 3.05) is 39.3 Å². The van der Waals surface area contributed by atoms with Gasteiger partial charge < -0.3 is 24.1 Å². The summed E-state index contributed by atoms with van der Waals surface area (Å²) in [5.41, 5.74) is 2.53. The standard InChI is InChI=1S/C50H63N3O8.C2HF3O2/c1-4-19-44(48(56)60-36-42-25-15-9-16-26-42)51-30-31-52(45(20-5-2)49(57)61-37-43-27-17-10-18-28-43)39-50(38-51,29-6-3)53(32-46(54)58-34-40-21-11-7-12-22-40)33-47(55)59-35-41-23-13-8-14-24-41;3-2(4,5)1(6)7/h7-18,21-28,44-45H,4-6,19-20,29-39H2,1-3H3;(H,6,7). The summed E-state index contributed by atoms with van der Waals surface area (Å²) < 4.78 is 55.4. The smallest absolute Gasteiger partial charge is 0.475 e. The lowest BCUT2D eigenvalue weighted by molar-refractivity contribution is -0.192. The van der Waals surface area contributed by atoms with Gasteiger partial charge in [0, 0.05) is 31.7 Å². The number of carboxylic acid groups (broad SMARTS) is 1. The van der Waals surface area contributed by atoms with Crippen molar-refractivity contribution in [2.45, 2.75) is 110 Å². The van der Waals surface area contributed by atoms with E-state index in [1.165, 1.54) is 0 Å². The second-order valence-electron chi connectivity index (χ2n) is 16.7. The molecule has 4 aromatic carbocycles. The highest BCUT2D eigenvalue weighted by molar-refractivity contribution is 5.77. The minimum atomic E-state index is -5.08. The molecule has 0 radical (unpaired) electrons. The van der Waals surface area contributed by atoms with Crippen molar-refractivity contribution in [1.29, 1.82) is 0 Å². The van der Waals surface area contributed by atoms with Crippen LogP contribution in [0.5, 0.6) is 0 Å². The van der Waals surface area contributed by atoms with Gasteiger partial charge in [0.1, 0.15) is 38.5 Å². The van der Waals surface area contributed by atoms with Crippen LogP contribution >= 0.6 is 0 Å². The van der Waals surface area contributed by atoms with Crippen molar-refractivity contribution < 1.29 is 61.2 Å². The zero-order valence-electron chi connectivity index (χ0n) is 39.1. The van der Waals surface area contributed by atoms with Gasteiger partial charge in [-0.05, 0) is 41.5 Å². The molecule has 0 aliphatic carbocycles. The van der Waals surface area contributed by atoms with Gasteiger partial charge in [0.2, 0.25) is 0 Å². The lowest BCUT2D eigenvalue weighted by Crippen LogP contribution is -2.63. The Labute approximate surface area is 397 Å². The van der Waals surface area contributed by atoms with E-state index in [1.807, 2.05) is 140 Å². The van der Waals surface area contributed by atoms with E-state index in [1.54, 1.807) is 0 Å². The number of nitrogens with zero attached hydrogens (tertiary/aromatic N) is 3. The highest BCUT2D eigenvalue weighted by Gasteiger charge is 2.47. The van der Waals surface area contributed by atoms with Crippen molar-refractivity contribution >= 4 is 29.8 Å². The summed E-state index contributed by atoms with van der Waals surface area (Å²) in [6.45, 7) is 7.64. The average Bonchev–Trinajstić information content (AvgIpc) is 3.53. The fraction of sp³-hybridized carbons (Fsp3) is 0.442. The molecule has 4 aromatic rings. The van der Waals surface area contributed by atoms with E-state index >= 15 is 0 Å². The Balaban J connectivity index is 0.00000133. The number of carbonyl (C=O) groups is 5. The molecule has 13 nitrogen and oxygen atoms in total. The summed E-state index contributed by atoms with van der Waals surface area (Å²) in [6, 6.07) is 36.9. The van der Waals surface area contributed by atoms with Gasteiger partial charge in [0.25, 0.3) is 0 Å². The van der Waals surface area contributed by atoms with Gasteiger partial charge in [-0.15, -0.1) is 0 Å². The number of halogens is 3. The zero-order valence-corrected chi connectivity index (χ0v) is 39.1. The van der Waals surface area contributed by atoms with Crippen LogP contribution in [0.3, 0.4) is 0 Å². The number of esters is 4. The summed E-state index contributed by atoms with van der Waals surface area (Å²) in [5, 5.41) is 7.12. The molecule has 2 unspecified atom stereocenters. The zero-order chi connectivity index (χ0) is 49.4. The van der Waals surface area contributed by atoms with Crippen molar-refractivity contribution in [3.63, 3.8) is 0 Å². The molecule has 5 rings (SSSR count). The van der Waals surface area contributed by atoms with Gasteiger partial charge in [-0.3, -0.25) is 33.9 Å². The number of aliphatic carboxylic acids is 1. The number of carboxylic acids is 1. The molecule has 1 N–H and O–H groups in total. The molecule has 16 heteroatoms. The van der Waals surface area contributed by atoms with E-state index in [4.69, 9.17) is 28.8 Å². The highest BCUT2D eigenvalue weighted by atomic mass is 19.4. The van der Waals surface area contributed by atoms with Gasteiger partial charge in [-0.1, -0.05) is 161 Å². The fourth-order valence-corrected chi connectivity index (χ4v) is 8.10. The Hall–Kier alpha value is -6.10. The van der Waals surface area contributed by atoms with Crippen LogP contribution in [0.4, 0.5) is 13.2 Å². The molecule has 1 heterocycles. The summed E-state index contributed by atoms with van der Waals surface area (Å²) in [6.07, 6.45) is -1.36. The monoisotopic (exact) mass is 947 g/mol. The van der Waals surface area contributed by atoms with E-state index in [9.17, 15) is 32.3 Å². The van der Waals surface area contributed by atoms with E-state index in [0.29, 0.717) is 51.9 Å². The molecule has 1 aliphatic heterocycles. The van der Waals surface area contributed by atoms with E-state index in [-0.39, 0.29) is 51.5 Å². The lowest BCUT2D eigenvalue weighted by Gasteiger charge is -2.47. The number of ether oxygens (including phenoxy) is 4. The van der Waals surface area contributed by atoms with Crippen molar-refractivity contribution in [1.82, 2.24) is 14.7 Å². The van der Waals surface area contributed by atoms with E-state index in [2.05, 4.69) is 16.7 Å². The number of rotatable bonds is 23. The molecule has 68 heavy (non-hydrogen) atoms. The Morgan fingerprint density at radius 1 is 0.559 bits per heavy atom. The number of carbonyl (C=O) groups excluding carboxylic acids is 4. The number of alkyl halides is 3. The molecule has 0 saturated carbocycles. The fourth-order valence-electron chi connectivity index (χ4n) is 8.10. The minimum absolute atomic E-state index is 0.0721. The molecule has 0 bridgehead atoms. The molecule has 1 aliphatic rings. The molecule has 0 aromatic heterocycles. The molecule has 2 atom stereocenters. The predicted octanol–water partition coefficient (Wildman–Crippen LogP) is 8.39. The first-order valence-electron chi connectivity index (χ1n) is 23.0. The summed E-state index contributed by atoms with van der Waals surface area (Å²) in [4.78, 5) is 71.3. The third-order valence-corrected chi connectivity index (χ3v) is 11.4. The SMILES string of the molecule is CCCC(C(=O)OCc1ccccc1)N1CCN(C(CCC)C(=O)OCc2ccccc2)CC(CCC)(N(CC(=O)OCc2ccccc2)CC(=O)OCc2ccccc2)C1.O=C(O)C(F)(F)F. The van der Waals surface area contributed by atoms with Crippen LogP contribution in [-0.4, -0.2) is 113 Å². The van der Waals surface area contributed by atoms with Crippen molar-refractivity contribution in [3.05, 3.63) is 144 Å². The van der Waals surface area contributed by atoms with Gasteiger partial charge in [-0.25, -0.2) is 4.79 Å². The maximum atomic E-state index is 14.2. The van der Waals surface area contributed by atoms with Crippen LogP contribution in [0.25, 0.3) is 0 Å². The Kier molecular flexibility index (Phi) is 22.7. The quantitative estimate of drug-likeness (QED) is 0.0560. The minimum Gasteiger partial charge on any atom is -0.475 e. The largest absolute Gasteiger partial charge is 0.490 e. The van der Waals surface area contributed by atoms with Crippen LogP contribution < -0.4 is 0 Å². The summed E-state index contributed by atoms with van der Waals surface area (Å²) >= 11 is 0. The maximum absolute atomic E-state index is 14.2. The van der Waals surface area contributed by atoms with Crippen LogP contribution in [-0.2, 0) is 69.3 Å². The van der Waals surface area contributed by atoms with Gasteiger partial charge in [0.15, 0.2) is 0 Å². The Bertz CT molecular complexity index is 2000. The van der Waals surface area contributed by atoms with Crippen LogP contribution in [0.2, 0.25) is 0 Å². The Morgan fingerprint density at radius 2 is 0.868 bits per heavy atom. The summed E-state index contributed by atoms with van der Waals surface area (Å²) in [7, 11) is 0. The molecular weight excluding hydrogens is 884 g/mol. The second kappa shape index (κ2) is 28.3. The first-order valence-corrected chi connectivity index (χ1v) is 23.0. The molecule has 368 valence electrons. The maximum Gasteiger partial charge on any atom is 0.490 e. The molecule has 1 saturated heterocycles. The first-order chi connectivity index (χ1) is 32.7. The van der Waals surface area contributed by atoms with Gasteiger partial charge in [0.05, 0.1) is 13.1 Å². The average molecular weight is 948 g/mol. The van der Waals surface area contributed by atoms with Crippen LogP contribution in [0.1, 0.15) is 81.5 Å². The molecule has 0 spiro atoms. The topological polar surface area (TPSA) is 152 Å². The summed E-state index contributed by atoms with van der Waals surface area (Å²) in [5.74, 6) is -4.44. The Morgan fingerprint density at radius 3 is 1.15 bits per heavy atom. The normalized spacial score (nSPS) is 16.3. The highest BCUT2D eigenvalue weighted by Crippen LogP contribution is 2.32. The molecular formula is C52H64F3N3O10. The van der Waals surface area contributed by atoms with Crippen molar-refractivity contribution in [2.24, 2.45) is 0 Å².